The molecule has 2 aromatic rings. The minimum atomic E-state index is -0.168. The number of rotatable bonds is 5. The second kappa shape index (κ2) is 6.42. The molecule has 1 atom stereocenters. The van der Waals surface area contributed by atoms with E-state index in [4.69, 9.17) is 4.74 Å². The molecule has 0 spiro atoms. The Bertz CT molecular complexity index is 656. The van der Waals surface area contributed by atoms with Gasteiger partial charge in [0.05, 0.1) is 3.23 Å². The van der Waals surface area contributed by atoms with Crippen LogP contribution in [-0.2, 0) is 4.79 Å². The van der Waals surface area contributed by atoms with E-state index in [0.29, 0.717) is 11.7 Å². The lowest BCUT2D eigenvalue weighted by molar-refractivity contribution is -0.118. The summed E-state index contributed by atoms with van der Waals surface area (Å²) in [5.74, 6) is 1.00. The Labute approximate surface area is 146 Å². The van der Waals surface area contributed by atoms with Gasteiger partial charge in [0.1, 0.15) is 5.75 Å². The molecule has 3 rings (SSSR count). The van der Waals surface area contributed by atoms with Gasteiger partial charge in [-0.1, -0.05) is 62.2 Å². The van der Waals surface area contributed by atoms with E-state index in [9.17, 15) is 4.79 Å². The molecular formula is C17H15Br2NO2. The molecule has 1 aliphatic rings. The lowest BCUT2D eigenvalue weighted by Crippen LogP contribution is -2.20. The maximum Gasteiger partial charge on any atom is 0.262 e. The van der Waals surface area contributed by atoms with Crippen molar-refractivity contribution < 1.29 is 9.53 Å². The highest BCUT2D eigenvalue weighted by atomic mass is 79.9. The van der Waals surface area contributed by atoms with Gasteiger partial charge in [0.15, 0.2) is 6.61 Å². The number of benzene rings is 2. The third-order valence-electron chi connectivity index (χ3n) is 3.54. The van der Waals surface area contributed by atoms with Crippen LogP contribution in [0.2, 0.25) is 0 Å². The Morgan fingerprint density at radius 3 is 2.36 bits per heavy atom. The molecule has 114 valence electrons. The summed E-state index contributed by atoms with van der Waals surface area (Å²) in [6.07, 6.45) is 1.07. The molecule has 0 bridgehead atoms. The maximum atomic E-state index is 11.9. The van der Waals surface area contributed by atoms with Crippen molar-refractivity contribution in [2.24, 2.45) is 0 Å². The summed E-state index contributed by atoms with van der Waals surface area (Å²) in [5.41, 5.74) is 2.04. The molecular weight excluding hydrogens is 410 g/mol. The molecule has 1 N–H and O–H groups in total. The molecule has 0 unspecified atom stereocenters. The van der Waals surface area contributed by atoms with E-state index in [1.54, 1.807) is 0 Å². The Hall–Kier alpha value is -1.33. The van der Waals surface area contributed by atoms with E-state index in [0.717, 1.165) is 12.1 Å². The first kappa shape index (κ1) is 15.6. The molecule has 1 saturated carbocycles. The van der Waals surface area contributed by atoms with Gasteiger partial charge in [0.2, 0.25) is 0 Å². The number of alkyl halides is 2. The van der Waals surface area contributed by atoms with Crippen molar-refractivity contribution in [1.82, 2.24) is 0 Å². The van der Waals surface area contributed by atoms with Crippen molar-refractivity contribution in [2.45, 2.75) is 15.6 Å². The zero-order valence-electron chi connectivity index (χ0n) is 11.8. The fourth-order valence-electron chi connectivity index (χ4n) is 2.24. The summed E-state index contributed by atoms with van der Waals surface area (Å²) < 4.78 is 5.46. The number of halogens is 2. The molecule has 0 heterocycles. The number of amides is 1. The van der Waals surface area contributed by atoms with Crippen LogP contribution in [0.15, 0.2) is 54.6 Å². The molecule has 1 amide bonds. The van der Waals surface area contributed by atoms with Crippen LogP contribution in [0.5, 0.6) is 5.75 Å². The normalized spacial score (nSPS) is 18.5. The second-order valence-electron chi connectivity index (χ2n) is 5.29. The van der Waals surface area contributed by atoms with Crippen LogP contribution in [-0.4, -0.2) is 15.7 Å². The number of nitrogens with one attached hydrogen (secondary N) is 1. The number of hydrogen-bond donors (Lipinski definition) is 1. The number of anilines is 1. The van der Waals surface area contributed by atoms with Gasteiger partial charge in [-0.3, -0.25) is 4.79 Å². The number of carbonyl (C=O) groups is 1. The maximum absolute atomic E-state index is 11.9. The molecule has 5 heteroatoms. The summed E-state index contributed by atoms with van der Waals surface area (Å²) in [4.78, 5) is 11.9. The van der Waals surface area contributed by atoms with Gasteiger partial charge in [-0.15, -0.1) is 0 Å². The highest BCUT2D eigenvalue weighted by molar-refractivity contribution is 9.25. The van der Waals surface area contributed by atoms with Gasteiger partial charge in [-0.05, 0) is 36.2 Å². The average Bonchev–Trinajstić information content (AvgIpc) is 3.16. The quantitative estimate of drug-likeness (QED) is 0.707. The smallest absolute Gasteiger partial charge is 0.262 e. The SMILES string of the molecule is O=C(COc1ccccc1)Nc1ccc([C@@H]2CC2(Br)Br)cc1. The molecule has 0 aliphatic heterocycles. The van der Waals surface area contributed by atoms with E-state index in [1.165, 1.54) is 5.56 Å². The van der Waals surface area contributed by atoms with Crippen molar-refractivity contribution in [1.29, 1.82) is 0 Å². The number of ether oxygens (including phenoxy) is 1. The molecule has 3 nitrogen and oxygen atoms in total. The fourth-order valence-corrected chi connectivity index (χ4v) is 3.41. The number of para-hydroxylation sites is 1. The Morgan fingerprint density at radius 2 is 1.77 bits per heavy atom. The van der Waals surface area contributed by atoms with Crippen LogP contribution in [0.3, 0.4) is 0 Å². The number of carbonyl (C=O) groups excluding carboxylic acids is 1. The largest absolute Gasteiger partial charge is 0.484 e. The summed E-state index contributed by atoms with van der Waals surface area (Å²) in [6.45, 7) is 0.000298. The minimum absolute atomic E-state index is 0.000298. The molecule has 22 heavy (non-hydrogen) atoms. The summed E-state index contributed by atoms with van der Waals surface area (Å²) >= 11 is 7.24. The van der Waals surface area contributed by atoms with Crippen molar-refractivity contribution in [3.8, 4) is 5.75 Å². The zero-order valence-corrected chi connectivity index (χ0v) is 14.9. The highest BCUT2D eigenvalue weighted by Gasteiger charge is 2.50. The molecule has 0 radical (unpaired) electrons. The first-order valence-corrected chi connectivity index (χ1v) is 8.59. The lowest BCUT2D eigenvalue weighted by atomic mass is 10.1. The van der Waals surface area contributed by atoms with Gasteiger partial charge in [-0.25, -0.2) is 0 Å². The Balaban J connectivity index is 1.51. The van der Waals surface area contributed by atoms with Gasteiger partial charge in [0, 0.05) is 11.6 Å². The Kier molecular flexibility index (Phi) is 4.54. The summed E-state index contributed by atoms with van der Waals surface area (Å²) in [6, 6.07) is 17.2. The van der Waals surface area contributed by atoms with Gasteiger partial charge in [-0.2, -0.15) is 0 Å². The summed E-state index contributed by atoms with van der Waals surface area (Å²) in [7, 11) is 0. The molecule has 2 aromatic carbocycles. The van der Waals surface area contributed by atoms with Crippen LogP contribution >= 0.6 is 31.9 Å². The van der Waals surface area contributed by atoms with Crippen LogP contribution in [0, 0.1) is 0 Å². The predicted molar refractivity (Wildman–Crippen MR) is 95.0 cm³/mol. The van der Waals surface area contributed by atoms with Crippen LogP contribution in [0.4, 0.5) is 5.69 Å². The first-order valence-electron chi connectivity index (χ1n) is 7.00. The topological polar surface area (TPSA) is 38.3 Å². The monoisotopic (exact) mass is 423 g/mol. The molecule has 1 aliphatic carbocycles. The minimum Gasteiger partial charge on any atom is -0.484 e. The van der Waals surface area contributed by atoms with Crippen molar-refractivity contribution in [3.63, 3.8) is 0 Å². The molecule has 0 aromatic heterocycles. The van der Waals surface area contributed by atoms with E-state index in [2.05, 4.69) is 37.2 Å². The van der Waals surface area contributed by atoms with E-state index in [1.807, 2.05) is 54.6 Å². The Morgan fingerprint density at radius 1 is 1.14 bits per heavy atom. The zero-order chi connectivity index (χ0) is 15.6. The number of hydrogen-bond acceptors (Lipinski definition) is 2. The van der Waals surface area contributed by atoms with Crippen LogP contribution in [0.1, 0.15) is 17.9 Å². The van der Waals surface area contributed by atoms with E-state index < -0.39 is 0 Å². The highest BCUT2D eigenvalue weighted by Crippen LogP contribution is 2.62. The fraction of sp³-hybridized carbons (Fsp3) is 0.235. The van der Waals surface area contributed by atoms with Crippen molar-refractivity contribution in [3.05, 3.63) is 60.2 Å². The lowest BCUT2D eigenvalue weighted by Gasteiger charge is -2.08. The third kappa shape index (κ3) is 3.90. The summed E-state index contributed by atoms with van der Waals surface area (Å²) in [5, 5.41) is 2.83. The van der Waals surface area contributed by atoms with Crippen molar-refractivity contribution in [2.75, 3.05) is 11.9 Å². The van der Waals surface area contributed by atoms with Crippen LogP contribution < -0.4 is 10.1 Å². The predicted octanol–water partition coefficient (Wildman–Crippen LogP) is 4.68. The van der Waals surface area contributed by atoms with Gasteiger partial charge in [0.25, 0.3) is 5.91 Å². The molecule has 1 fully saturated rings. The first-order chi connectivity index (χ1) is 10.5. The standard InChI is InChI=1S/C17H15Br2NO2/c18-17(19)10-15(17)12-6-8-13(9-7-12)20-16(21)11-22-14-4-2-1-3-5-14/h1-9,15H,10-11H2,(H,20,21)/t15-/m0/s1. The third-order valence-corrected chi connectivity index (χ3v) is 5.29. The van der Waals surface area contributed by atoms with Crippen molar-refractivity contribution >= 4 is 43.5 Å². The molecule has 0 saturated heterocycles. The van der Waals surface area contributed by atoms with Crippen LogP contribution in [0.25, 0.3) is 0 Å². The van der Waals surface area contributed by atoms with E-state index >= 15 is 0 Å². The van der Waals surface area contributed by atoms with E-state index in [-0.39, 0.29) is 15.7 Å². The van der Waals surface area contributed by atoms with Gasteiger partial charge >= 0.3 is 0 Å². The second-order valence-corrected chi connectivity index (χ2v) is 9.18. The average molecular weight is 425 g/mol. The van der Waals surface area contributed by atoms with Gasteiger partial charge < -0.3 is 10.1 Å².